The number of anilines is 1. The van der Waals surface area contributed by atoms with E-state index in [0.717, 1.165) is 11.3 Å². The first kappa shape index (κ1) is 17.7. The van der Waals surface area contributed by atoms with E-state index >= 15 is 0 Å². The molecule has 0 radical (unpaired) electrons. The molecule has 0 spiro atoms. The van der Waals surface area contributed by atoms with Gasteiger partial charge >= 0.3 is 0 Å². The predicted octanol–water partition coefficient (Wildman–Crippen LogP) is 4.08. The molecule has 0 saturated carbocycles. The summed E-state index contributed by atoms with van der Waals surface area (Å²) in [5.74, 6) is -0.424. The third-order valence-electron chi connectivity index (χ3n) is 3.64. The summed E-state index contributed by atoms with van der Waals surface area (Å²) in [6.45, 7) is 9.78. The van der Waals surface area contributed by atoms with Crippen LogP contribution in [0.3, 0.4) is 0 Å². The van der Waals surface area contributed by atoms with Gasteiger partial charge in [-0.2, -0.15) is 0 Å². The van der Waals surface area contributed by atoms with Crippen molar-refractivity contribution in [2.24, 2.45) is 0 Å². The van der Waals surface area contributed by atoms with Crippen LogP contribution in [0.4, 0.5) is 5.69 Å². The highest BCUT2D eigenvalue weighted by Crippen LogP contribution is 2.16. The van der Waals surface area contributed by atoms with Gasteiger partial charge < -0.3 is 10.6 Å². The molecule has 2 N–H and O–H groups in total. The second-order valence-corrected chi connectivity index (χ2v) is 7.04. The van der Waals surface area contributed by atoms with Crippen molar-refractivity contribution in [1.82, 2.24) is 5.32 Å². The van der Waals surface area contributed by atoms with Crippen molar-refractivity contribution >= 4 is 17.5 Å². The molecule has 4 heteroatoms. The van der Waals surface area contributed by atoms with Crippen LogP contribution in [-0.2, 0) is 0 Å². The second kappa shape index (κ2) is 6.87. The Balaban J connectivity index is 2.16. The predicted molar refractivity (Wildman–Crippen MR) is 97.5 cm³/mol. The van der Waals surface area contributed by atoms with Gasteiger partial charge in [0.05, 0.1) is 0 Å². The summed E-state index contributed by atoms with van der Waals surface area (Å²) >= 11 is 0. The van der Waals surface area contributed by atoms with Gasteiger partial charge in [-0.25, -0.2) is 0 Å². The lowest BCUT2D eigenvalue weighted by Gasteiger charge is -2.20. The van der Waals surface area contributed by atoms with E-state index in [-0.39, 0.29) is 17.4 Å². The Morgan fingerprint density at radius 2 is 1.46 bits per heavy atom. The number of benzene rings is 2. The maximum atomic E-state index is 12.4. The van der Waals surface area contributed by atoms with Crippen LogP contribution in [0, 0.1) is 13.8 Å². The molecule has 0 aromatic heterocycles. The lowest BCUT2D eigenvalue weighted by atomic mass is 10.1. The molecular formula is C20H24N2O2. The van der Waals surface area contributed by atoms with Crippen molar-refractivity contribution in [3.05, 3.63) is 64.7 Å². The monoisotopic (exact) mass is 324 g/mol. The van der Waals surface area contributed by atoms with Crippen molar-refractivity contribution in [3.8, 4) is 0 Å². The number of carbonyl (C=O) groups is 2. The van der Waals surface area contributed by atoms with Crippen LogP contribution in [0.25, 0.3) is 0 Å². The van der Waals surface area contributed by atoms with Crippen LogP contribution in [0.2, 0.25) is 0 Å². The molecule has 0 aliphatic heterocycles. The van der Waals surface area contributed by atoms with Crippen LogP contribution >= 0.6 is 0 Å². The molecule has 2 amide bonds. The summed E-state index contributed by atoms with van der Waals surface area (Å²) in [6, 6.07) is 12.5. The van der Waals surface area contributed by atoms with Gasteiger partial charge in [0, 0.05) is 22.4 Å². The van der Waals surface area contributed by atoms with Crippen LogP contribution in [0.1, 0.15) is 52.6 Å². The van der Waals surface area contributed by atoms with E-state index in [0.29, 0.717) is 11.1 Å². The summed E-state index contributed by atoms with van der Waals surface area (Å²) in [4.78, 5) is 24.7. The Kier molecular flexibility index (Phi) is 5.07. The number of nitrogens with one attached hydrogen (secondary N) is 2. The molecule has 0 atom stereocenters. The number of rotatable bonds is 3. The molecule has 0 aliphatic carbocycles. The zero-order chi connectivity index (χ0) is 17.9. The zero-order valence-corrected chi connectivity index (χ0v) is 14.9. The summed E-state index contributed by atoms with van der Waals surface area (Å²) in [5.41, 5.74) is 3.63. The summed E-state index contributed by atoms with van der Waals surface area (Å²) in [7, 11) is 0. The number of hydrogen-bond acceptors (Lipinski definition) is 2. The van der Waals surface area contributed by atoms with E-state index < -0.39 is 0 Å². The highest BCUT2D eigenvalue weighted by Gasteiger charge is 2.16. The van der Waals surface area contributed by atoms with E-state index in [1.54, 1.807) is 24.3 Å². The Morgan fingerprint density at radius 3 is 2.04 bits per heavy atom. The first-order chi connectivity index (χ1) is 11.2. The van der Waals surface area contributed by atoms with E-state index in [4.69, 9.17) is 0 Å². The maximum absolute atomic E-state index is 12.4. The van der Waals surface area contributed by atoms with Gasteiger partial charge in [0.15, 0.2) is 0 Å². The minimum atomic E-state index is -0.325. The molecule has 0 fully saturated rings. The van der Waals surface area contributed by atoms with E-state index in [9.17, 15) is 9.59 Å². The Labute approximate surface area is 143 Å². The van der Waals surface area contributed by atoms with Crippen molar-refractivity contribution in [2.75, 3.05) is 5.32 Å². The largest absolute Gasteiger partial charge is 0.347 e. The van der Waals surface area contributed by atoms with Crippen LogP contribution in [-0.4, -0.2) is 17.4 Å². The van der Waals surface area contributed by atoms with Crippen LogP contribution in [0.15, 0.2) is 42.5 Å². The molecule has 4 nitrogen and oxygen atoms in total. The quantitative estimate of drug-likeness (QED) is 0.893. The molecule has 0 bridgehead atoms. The number of carbonyl (C=O) groups excluding carboxylic acids is 2. The second-order valence-electron chi connectivity index (χ2n) is 7.04. The molecule has 2 aromatic carbocycles. The van der Waals surface area contributed by atoms with Gasteiger partial charge in [-0.3, -0.25) is 9.59 Å². The number of amides is 2. The molecule has 0 saturated heterocycles. The normalized spacial score (nSPS) is 11.0. The summed E-state index contributed by atoms with van der Waals surface area (Å²) in [6.07, 6.45) is 0. The van der Waals surface area contributed by atoms with E-state index in [1.807, 2.05) is 52.8 Å². The first-order valence-corrected chi connectivity index (χ1v) is 7.97. The van der Waals surface area contributed by atoms with E-state index in [2.05, 4.69) is 10.6 Å². The topological polar surface area (TPSA) is 58.2 Å². The van der Waals surface area contributed by atoms with Gasteiger partial charge in [0.1, 0.15) is 0 Å². The molecular weight excluding hydrogens is 300 g/mol. The Morgan fingerprint density at radius 1 is 0.833 bits per heavy atom. The maximum Gasteiger partial charge on any atom is 0.255 e. The van der Waals surface area contributed by atoms with Crippen molar-refractivity contribution in [2.45, 2.75) is 40.2 Å². The number of hydrogen-bond donors (Lipinski definition) is 2. The minimum absolute atomic E-state index is 0.191. The third kappa shape index (κ3) is 4.69. The van der Waals surface area contributed by atoms with E-state index in [1.165, 1.54) is 5.56 Å². The molecule has 0 aliphatic rings. The summed E-state index contributed by atoms with van der Waals surface area (Å²) in [5, 5.41) is 5.76. The van der Waals surface area contributed by atoms with Gasteiger partial charge in [-0.05, 0) is 76.1 Å². The van der Waals surface area contributed by atoms with Crippen LogP contribution < -0.4 is 10.6 Å². The molecule has 2 rings (SSSR count). The fourth-order valence-corrected chi connectivity index (χ4v) is 2.24. The molecule has 2 aromatic rings. The lowest BCUT2D eigenvalue weighted by Crippen LogP contribution is -2.40. The average Bonchev–Trinajstić information content (AvgIpc) is 2.49. The molecule has 24 heavy (non-hydrogen) atoms. The summed E-state index contributed by atoms with van der Waals surface area (Å²) < 4.78 is 0. The first-order valence-electron chi connectivity index (χ1n) is 7.97. The molecule has 126 valence electrons. The zero-order valence-electron chi connectivity index (χ0n) is 14.9. The van der Waals surface area contributed by atoms with Gasteiger partial charge in [-0.15, -0.1) is 0 Å². The minimum Gasteiger partial charge on any atom is -0.347 e. The molecule has 0 unspecified atom stereocenters. The van der Waals surface area contributed by atoms with Gasteiger partial charge in [0.25, 0.3) is 11.8 Å². The fraction of sp³-hybridized carbons (Fsp3) is 0.300. The standard InChI is InChI=1S/C20H24N2O2/c1-13-9-10-17(11-14(13)2)21-18(23)15-7-6-8-16(12-15)19(24)22-20(3,4)5/h6-12H,1-5H3,(H,21,23)(H,22,24). The van der Waals surface area contributed by atoms with Crippen molar-refractivity contribution in [1.29, 1.82) is 0 Å². The lowest BCUT2D eigenvalue weighted by molar-refractivity contribution is 0.0919. The SMILES string of the molecule is Cc1ccc(NC(=O)c2cccc(C(=O)NC(C)(C)C)c2)cc1C. The van der Waals surface area contributed by atoms with Gasteiger partial charge in [0.2, 0.25) is 0 Å². The Bertz CT molecular complexity index is 773. The van der Waals surface area contributed by atoms with Crippen molar-refractivity contribution < 1.29 is 9.59 Å². The smallest absolute Gasteiger partial charge is 0.255 e. The number of aryl methyl sites for hydroxylation is 2. The van der Waals surface area contributed by atoms with Gasteiger partial charge in [-0.1, -0.05) is 12.1 Å². The van der Waals surface area contributed by atoms with Crippen LogP contribution in [0.5, 0.6) is 0 Å². The highest BCUT2D eigenvalue weighted by molar-refractivity contribution is 6.06. The molecule has 0 heterocycles. The third-order valence-corrected chi connectivity index (χ3v) is 3.64. The Hall–Kier alpha value is -2.62. The average molecular weight is 324 g/mol. The van der Waals surface area contributed by atoms with Crippen molar-refractivity contribution in [3.63, 3.8) is 0 Å². The fourth-order valence-electron chi connectivity index (χ4n) is 2.24. The highest BCUT2D eigenvalue weighted by atomic mass is 16.2.